The second-order valence-corrected chi connectivity index (χ2v) is 6.76. The van der Waals surface area contributed by atoms with Gasteiger partial charge in [0, 0.05) is 19.6 Å². The second-order valence-electron chi connectivity index (χ2n) is 6.76. The smallest absolute Gasteiger partial charge is 0.00206 e. The van der Waals surface area contributed by atoms with Gasteiger partial charge in [0.15, 0.2) is 0 Å². The molecule has 1 atom stereocenters. The molecule has 2 aliphatic rings. The van der Waals surface area contributed by atoms with Gasteiger partial charge >= 0.3 is 0 Å². The highest BCUT2D eigenvalue weighted by atomic mass is 15.0. The van der Waals surface area contributed by atoms with Crippen LogP contribution in [0.2, 0.25) is 0 Å². The van der Waals surface area contributed by atoms with E-state index in [0.717, 1.165) is 0 Å². The van der Waals surface area contributed by atoms with Gasteiger partial charge in [-0.3, -0.25) is 0 Å². The van der Waals surface area contributed by atoms with E-state index in [1.807, 2.05) is 0 Å². The fourth-order valence-electron chi connectivity index (χ4n) is 3.58. The summed E-state index contributed by atoms with van der Waals surface area (Å²) in [5.41, 5.74) is 1.13. The highest BCUT2D eigenvalue weighted by Crippen LogP contribution is 2.35. The fourth-order valence-corrected chi connectivity index (χ4v) is 3.58. The standard InChI is InChI=1S/C15H30N2/c1-3-15(9-10-16-12-15)13-17-11-14(2)7-5-4-6-8-14/h16-17H,3-13H2,1-2H3. The molecule has 1 unspecified atom stereocenters. The van der Waals surface area contributed by atoms with Crippen molar-refractivity contribution < 1.29 is 0 Å². The third kappa shape index (κ3) is 3.45. The molecule has 2 N–H and O–H groups in total. The van der Waals surface area contributed by atoms with E-state index in [-0.39, 0.29) is 0 Å². The molecule has 0 spiro atoms. The first-order chi connectivity index (χ1) is 8.18. The zero-order valence-corrected chi connectivity index (χ0v) is 11.8. The van der Waals surface area contributed by atoms with Gasteiger partial charge in [-0.05, 0) is 43.1 Å². The molecule has 0 radical (unpaired) electrons. The molecule has 1 aliphatic heterocycles. The highest BCUT2D eigenvalue weighted by molar-refractivity contribution is 4.90. The van der Waals surface area contributed by atoms with Crippen molar-refractivity contribution in [2.75, 3.05) is 26.2 Å². The summed E-state index contributed by atoms with van der Waals surface area (Å²) in [6.07, 6.45) is 9.86. The third-order valence-electron chi connectivity index (χ3n) is 5.19. The fraction of sp³-hybridized carbons (Fsp3) is 1.00. The molecule has 2 nitrogen and oxygen atoms in total. The summed E-state index contributed by atoms with van der Waals surface area (Å²) < 4.78 is 0. The lowest BCUT2D eigenvalue weighted by atomic mass is 9.75. The van der Waals surface area contributed by atoms with Crippen LogP contribution in [-0.2, 0) is 0 Å². The number of rotatable bonds is 5. The first kappa shape index (κ1) is 13.4. The van der Waals surface area contributed by atoms with Gasteiger partial charge in [-0.15, -0.1) is 0 Å². The minimum Gasteiger partial charge on any atom is -0.316 e. The molecule has 0 aromatic carbocycles. The van der Waals surface area contributed by atoms with E-state index in [1.54, 1.807) is 0 Å². The predicted octanol–water partition coefficient (Wildman–Crippen LogP) is 2.94. The van der Waals surface area contributed by atoms with Crippen LogP contribution in [0.1, 0.15) is 58.8 Å². The second kappa shape index (κ2) is 5.71. The van der Waals surface area contributed by atoms with Crippen molar-refractivity contribution in [2.24, 2.45) is 10.8 Å². The molecule has 2 fully saturated rings. The van der Waals surface area contributed by atoms with E-state index in [2.05, 4.69) is 24.5 Å². The van der Waals surface area contributed by atoms with Gasteiger partial charge in [0.2, 0.25) is 0 Å². The van der Waals surface area contributed by atoms with Crippen LogP contribution in [0.5, 0.6) is 0 Å². The monoisotopic (exact) mass is 238 g/mol. The van der Waals surface area contributed by atoms with Gasteiger partial charge in [-0.25, -0.2) is 0 Å². The Hall–Kier alpha value is -0.0800. The summed E-state index contributed by atoms with van der Waals surface area (Å²) in [5, 5.41) is 7.31. The van der Waals surface area contributed by atoms with Gasteiger partial charge < -0.3 is 10.6 Å². The van der Waals surface area contributed by atoms with E-state index in [4.69, 9.17) is 0 Å². The average Bonchev–Trinajstić information content (AvgIpc) is 2.79. The molecule has 2 heteroatoms. The van der Waals surface area contributed by atoms with E-state index in [1.165, 1.54) is 71.1 Å². The summed E-state index contributed by atoms with van der Waals surface area (Å²) >= 11 is 0. The summed E-state index contributed by atoms with van der Waals surface area (Å²) in [7, 11) is 0. The van der Waals surface area contributed by atoms with Crippen LogP contribution < -0.4 is 10.6 Å². The molecule has 17 heavy (non-hydrogen) atoms. The van der Waals surface area contributed by atoms with Gasteiger partial charge in [0.05, 0.1) is 0 Å². The minimum absolute atomic E-state index is 0.547. The largest absolute Gasteiger partial charge is 0.316 e. The average molecular weight is 238 g/mol. The maximum absolute atomic E-state index is 3.79. The maximum Gasteiger partial charge on any atom is 0.00206 e. The van der Waals surface area contributed by atoms with E-state index < -0.39 is 0 Å². The number of hydrogen-bond acceptors (Lipinski definition) is 2. The van der Waals surface area contributed by atoms with Crippen molar-refractivity contribution in [2.45, 2.75) is 58.8 Å². The highest BCUT2D eigenvalue weighted by Gasteiger charge is 2.33. The van der Waals surface area contributed by atoms with E-state index in [9.17, 15) is 0 Å². The third-order valence-corrected chi connectivity index (χ3v) is 5.19. The van der Waals surface area contributed by atoms with Crippen molar-refractivity contribution in [1.82, 2.24) is 10.6 Å². The van der Waals surface area contributed by atoms with Crippen LogP contribution in [0.3, 0.4) is 0 Å². The molecular formula is C15H30N2. The summed E-state index contributed by atoms with van der Waals surface area (Å²) in [6, 6.07) is 0. The molecule has 1 heterocycles. The van der Waals surface area contributed by atoms with Crippen molar-refractivity contribution in [1.29, 1.82) is 0 Å². The Labute approximate surface area is 107 Å². The van der Waals surface area contributed by atoms with Crippen LogP contribution >= 0.6 is 0 Å². The van der Waals surface area contributed by atoms with Crippen LogP contribution in [0.15, 0.2) is 0 Å². The van der Waals surface area contributed by atoms with E-state index in [0.29, 0.717) is 10.8 Å². The van der Waals surface area contributed by atoms with Crippen LogP contribution in [0, 0.1) is 10.8 Å². The Bertz CT molecular complexity index is 225. The molecule has 1 aliphatic carbocycles. The normalized spacial score (nSPS) is 32.8. The lowest BCUT2D eigenvalue weighted by Crippen LogP contribution is -2.41. The minimum atomic E-state index is 0.547. The lowest BCUT2D eigenvalue weighted by molar-refractivity contribution is 0.191. The quantitative estimate of drug-likeness (QED) is 0.769. The Morgan fingerprint density at radius 3 is 2.41 bits per heavy atom. The molecule has 1 saturated heterocycles. The van der Waals surface area contributed by atoms with E-state index >= 15 is 0 Å². The molecule has 0 amide bonds. The molecule has 1 saturated carbocycles. The van der Waals surface area contributed by atoms with Gasteiger partial charge in [0.1, 0.15) is 0 Å². The van der Waals surface area contributed by atoms with Crippen LogP contribution in [0.25, 0.3) is 0 Å². The Balaban J connectivity index is 1.74. The van der Waals surface area contributed by atoms with Crippen molar-refractivity contribution in [3.8, 4) is 0 Å². The van der Waals surface area contributed by atoms with Crippen molar-refractivity contribution in [3.05, 3.63) is 0 Å². The molecular weight excluding hydrogens is 208 g/mol. The number of hydrogen-bond donors (Lipinski definition) is 2. The summed E-state index contributed by atoms with van der Waals surface area (Å²) in [6.45, 7) is 9.70. The molecule has 2 rings (SSSR count). The molecule has 0 aromatic heterocycles. The Morgan fingerprint density at radius 1 is 1.06 bits per heavy atom. The van der Waals surface area contributed by atoms with Gasteiger partial charge in [-0.2, -0.15) is 0 Å². The number of nitrogens with one attached hydrogen (secondary N) is 2. The summed E-state index contributed by atoms with van der Waals surface area (Å²) in [4.78, 5) is 0. The molecule has 0 bridgehead atoms. The van der Waals surface area contributed by atoms with Gasteiger partial charge in [-0.1, -0.05) is 33.1 Å². The summed E-state index contributed by atoms with van der Waals surface area (Å²) in [5.74, 6) is 0. The topological polar surface area (TPSA) is 24.1 Å². The Kier molecular flexibility index (Phi) is 4.48. The van der Waals surface area contributed by atoms with Gasteiger partial charge in [0.25, 0.3) is 0 Å². The maximum atomic E-state index is 3.79. The molecule has 0 aromatic rings. The van der Waals surface area contributed by atoms with Crippen LogP contribution in [-0.4, -0.2) is 26.2 Å². The zero-order chi connectivity index (χ0) is 12.2. The van der Waals surface area contributed by atoms with Crippen LogP contribution in [0.4, 0.5) is 0 Å². The first-order valence-corrected chi connectivity index (χ1v) is 7.60. The predicted molar refractivity (Wildman–Crippen MR) is 74.3 cm³/mol. The SMILES string of the molecule is CCC1(CNCC2(C)CCCCC2)CCNC1. The zero-order valence-electron chi connectivity index (χ0n) is 11.8. The van der Waals surface area contributed by atoms with Crippen molar-refractivity contribution in [3.63, 3.8) is 0 Å². The first-order valence-electron chi connectivity index (χ1n) is 7.60. The lowest BCUT2D eigenvalue weighted by Gasteiger charge is -2.36. The van der Waals surface area contributed by atoms with Crippen molar-refractivity contribution >= 4 is 0 Å². The Morgan fingerprint density at radius 2 is 1.82 bits per heavy atom. The molecule has 100 valence electrons.